The zero-order valence-electron chi connectivity index (χ0n) is 14.2. The molecule has 0 unspecified atom stereocenters. The summed E-state index contributed by atoms with van der Waals surface area (Å²) in [5, 5.41) is 5.07. The third-order valence-corrected chi connectivity index (χ3v) is 6.25. The number of sulfone groups is 1. The van der Waals surface area contributed by atoms with E-state index in [1.807, 2.05) is 30.3 Å². The van der Waals surface area contributed by atoms with Crippen LogP contribution in [0.1, 0.15) is 22.1 Å². The maximum atomic E-state index is 13.1. The number of nitrogens with zero attached hydrogens (tertiary/aromatic N) is 4. The lowest BCUT2D eigenvalue weighted by Crippen LogP contribution is -2.46. The fraction of sp³-hybridized carbons (Fsp3) is 0.278. The van der Waals surface area contributed by atoms with Gasteiger partial charge in [-0.05, 0) is 12.1 Å². The predicted octanol–water partition coefficient (Wildman–Crippen LogP) is 1.58. The van der Waals surface area contributed by atoms with E-state index in [9.17, 15) is 13.2 Å². The molecule has 2 aromatic heterocycles. The highest BCUT2D eigenvalue weighted by atomic mass is 32.2. The van der Waals surface area contributed by atoms with Crippen LogP contribution in [-0.2, 0) is 16.9 Å². The van der Waals surface area contributed by atoms with Crippen LogP contribution in [0, 0.1) is 0 Å². The van der Waals surface area contributed by atoms with Crippen LogP contribution >= 0.6 is 0 Å². The third kappa shape index (κ3) is 3.08. The lowest BCUT2D eigenvalue weighted by Gasteiger charge is -2.34. The van der Waals surface area contributed by atoms with E-state index >= 15 is 0 Å². The van der Waals surface area contributed by atoms with Gasteiger partial charge in [-0.2, -0.15) is 5.10 Å². The van der Waals surface area contributed by atoms with Crippen LogP contribution in [0.25, 0.3) is 10.9 Å². The van der Waals surface area contributed by atoms with Crippen molar-refractivity contribution in [3.05, 3.63) is 60.0 Å². The molecule has 1 amide bonds. The summed E-state index contributed by atoms with van der Waals surface area (Å²) in [6.45, 7) is 0.148. The number of aryl methyl sites for hydroxylation is 1. The van der Waals surface area contributed by atoms with E-state index in [4.69, 9.17) is 0 Å². The molecule has 1 aliphatic heterocycles. The van der Waals surface area contributed by atoms with Crippen LogP contribution in [0.3, 0.4) is 0 Å². The number of hydrogen-bond acceptors (Lipinski definition) is 5. The summed E-state index contributed by atoms with van der Waals surface area (Å²) < 4.78 is 25.9. The molecule has 1 atom stereocenters. The molecule has 0 saturated carbocycles. The number of carbonyl (C=O) groups is 1. The zero-order chi connectivity index (χ0) is 18.3. The van der Waals surface area contributed by atoms with Crippen molar-refractivity contribution >= 4 is 26.6 Å². The van der Waals surface area contributed by atoms with Gasteiger partial charge in [0.25, 0.3) is 5.91 Å². The van der Waals surface area contributed by atoms with Gasteiger partial charge in [0.15, 0.2) is 9.84 Å². The van der Waals surface area contributed by atoms with Crippen molar-refractivity contribution in [2.24, 2.45) is 7.05 Å². The minimum atomic E-state index is -3.21. The van der Waals surface area contributed by atoms with Gasteiger partial charge in [-0.25, -0.2) is 13.4 Å². The molecule has 0 spiro atoms. The van der Waals surface area contributed by atoms with Crippen molar-refractivity contribution in [2.75, 3.05) is 18.1 Å². The maximum absolute atomic E-state index is 13.1. The highest BCUT2D eigenvalue weighted by Crippen LogP contribution is 2.28. The predicted molar refractivity (Wildman–Crippen MR) is 97.4 cm³/mol. The van der Waals surface area contributed by atoms with Gasteiger partial charge in [-0.3, -0.25) is 9.48 Å². The summed E-state index contributed by atoms with van der Waals surface area (Å²) in [6, 6.07) is 10.6. The lowest BCUT2D eigenvalue weighted by atomic mass is 10.1. The number of benzene rings is 1. The average Bonchev–Trinajstić information content (AvgIpc) is 3.06. The van der Waals surface area contributed by atoms with E-state index in [0.29, 0.717) is 11.3 Å². The Bertz CT molecular complexity index is 1090. The summed E-state index contributed by atoms with van der Waals surface area (Å²) in [5.41, 5.74) is 1.77. The van der Waals surface area contributed by atoms with E-state index in [2.05, 4.69) is 10.1 Å². The summed E-state index contributed by atoms with van der Waals surface area (Å²) >= 11 is 0. The summed E-state index contributed by atoms with van der Waals surface area (Å²) in [4.78, 5) is 19.1. The molecular formula is C18H18N4O3S. The first-order chi connectivity index (χ1) is 12.4. The number of fused-ring (bicyclic) bond motifs is 1. The summed E-state index contributed by atoms with van der Waals surface area (Å²) in [6.07, 6.45) is 3.36. The molecule has 134 valence electrons. The smallest absolute Gasteiger partial charge is 0.273 e. The quantitative estimate of drug-likeness (QED) is 0.684. The number of rotatable bonds is 2. The van der Waals surface area contributed by atoms with Crippen LogP contribution in [-0.4, -0.2) is 52.0 Å². The number of amides is 1. The van der Waals surface area contributed by atoms with Gasteiger partial charge < -0.3 is 4.90 Å². The molecule has 4 rings (SSSR count). The van der Waals surface area contributed by atoms with Gasteiger partial charge in [-0.15, -0.1) is 0 Å². The first-order valence-corrected chi connectivity index (χ1v) is 10.1. The van der Waals surface area contributed by atoms with Crippen LogP contribution in [0.4, 0.5) is 0 Å². The lowest BCUT2D eigenvalue weighted by molar-refractivity contribution is 0.0692. The normalized spacial score (nSPS) is 19.6. The number of pyridine rings is 1. The van der Waals surface area contributed by atoms with Gasteiger partial charge >= 0.3 is 0 Å². The zero-order valence-corrected chi connectivity index (χ0v) is 15.1. The molecule has 0 N–H and O–H groups in total. The monoisotopic (exact) mass is 370 g/mol. The van der Waals surface area contributed by atoms with Gasteiger partial charge in [0.05, 0.1) is 29.3 Å². The number of carbonyl (C=O) groups excluding carboxylic acids is 1. The van der Waals surface area contributed by atoms with E-state index in [1.165, 1.54) is 0 Å². The van der Waals surface area contributed by atoms with Crippen LogP contribution in [0.5, 0.6) is 0 Å². The van der Waals surface area contributed by atoms with Gasteiger partial charge in [0, 0.05) is 30.7 Å². The largest absolute Gasteiger partial charge is 0.328 e. The minimum Gasteiger partial charge on any atom is -0.328 e. The van der Waals surface area contributed by atoms with Crippen LogP contribution in [0.2, 0.25) is 0 Å². The molecule has 0 aliphatic carbocycles. The van der Waals surface area contributed by atoms with Crippen molar-refractivity contribution in [1.82, 2.24) is 19.7 Å². The van der Waals surface area contributed by atoms with Gasteiger partial charge in [0.2, 0.25) is 0 Å². The van der Waals surface area contributed by atoms with Gasteiger partial charge in [0.1, 0.15) is 5.69 Å². The van der Waals surface area contributed by atoms with E-state index in [0.717, 1.165) is 10.9 Å². The fourth-order valence-electron chi connectivity index (χ4n) is 3.27. The van der Waals surface area contributed by atoms with Gasteiger partial charge in [-0.1, -0.05) is 24.3 Å². The molecule has 1 fully saturated rings. The molecule has 1 saturated heterocycles. The van der Waals surface area contributed by atoms with Crippen molar-refractivity contribution in [3.63, 3.8) is 0 Å². The van der Waals surface area contributed by atoms with Crippen LogP contribution in [0.15, 0.2) is 48.8 Å². The molecule has 3 heterocycles. The summed E-state index contributed by atoms with van der Waals surface area (Å²) in [5.74, 6) is -0.402. The summed E-state index contributed by atoms with van der Waals surface area (Å²) in [7, 11) is -1.44. The molecule has 3 aromatic rings. The molecule has 0 radical (unpaired) electrons. The molecule has 8 heteroatoms. The fourth-order valence-corrected chi connectivity index (χ4v) is 4.77. The van der Waals surface area contributed by atoms with Crippen LogP contribution < -0.4 is 0 Å². The molecule has 7 nitrogen and oxygen atoms in total. The Morgan fingerprint density at radius 1 is 1.19 bits per heavy atom. The first kappa shape index (κ1) is 16.7. The number of hydrogen-bond donors (Lipinski definition) is 0. The maximum Gasteiger partial charge on any atom is 0.273 e. The molecular weight excluding hydrogens is 352 g/mol. The van der Waals surface area contributed by atoms with Crippen molar-refractivity contribution in [3.8, 4) is 0 Å². The molecule has 0 bridgehead atoms. The Morgan fingerprint density at radius 2 is 2.00 bits per heavy atom. The Morgan fingerprint density at radius 3 is 2.77 bits per heavy atom. The first-order valence-electron chi connectivity index (χ1n) is 8.29. The second-order valence-electron chi connectivity index (χ2n) is 6.47. The van der Waals surface area contributed by atoms with Crippen molar-refractivity contribution in [1.29, 1.82) is 0 Å². The highest BCUT2D eigenvalue weighted by Gasteiger charge is 2.36. The van der Waals surface area contributed by atoms with E-state index in [1.54, 1.807) is 35.1 Å². The number of aromatic nitrogens is 3. The third-order valence-electron chi connectivity index (χ3n) is 4.62. The van der Waals surface area contributed by atoms with E-state index < -0.39 is 15.9 Å². The topological polar surface area (TPSA) is 85.2 Å². The second kappa shape index (κ2) is 6.21. The SMILES string of the molecule is Cn1cc([C@H]2CS(=O)(=O)CCN2C(=O)c2ccc3ccccc3n2)cn1. The Hall–Kier alpha value is -2.74. The number of para-hydroxylation sites is 1. The Labute approximate surface area is 151 Å². The van der Waals surface area contributed by atoms with Crippen molar-refractivity contribution < 1.29 is 13.2 Å². The Balaban J connectivity index is 1.71. The second-order valence-corrected chi connectivity index (χ2v) is 8.69. The average molecular weight is 370 g/mol. The van der Waals surface area contributed by atoms with E-state index in [-0.39, 0.29) is 24.0 Å². The molecule has 1 aliphatic rings. The minimum absolute atomic E-state index is 0.0386. The molecule has 26 heavy (non-hydrogen) atoms. The standard InChI is InChI=1S/C18H18N4O3S/c1-21-11-14(10-19-21)17-12-26(24,25)9-8-22(17)18(23)16-7-6-13-4-2-3-5-15(13)20-16/h2-7,10-11,17H,8-9,12H2,1H3/t17-/m1/s1. The Kier molecular flexibility index (Phi) is 3.99. The van der Waals surface area contributed by atoms with Crippen molar-refractivity contribution in [2.45, 2.75) is 6.04 Å². The highest BCUT2D eigenvalue weighted by molar-refractivity contribution is 7.91. The molecule has 1 aromatic carbocycles.